The van der Waals surface area contributed by atoms with Crippen molar-refractivity contribution in [3.63, 3.8) is 0 Å². The van der Waals surface area contributed by atoms with Gasteiger partial charge in [0.15, 0.2) is 6.23 Å². The van der Waals surface area contributed by atoms with E-state index in [0.717, 1.165) is 55.2 Å². The molecule has 2 heterocycles. The number of anilines is 1. The van der Waals surface area contributed by atoms with Crippen LogP contribution < -0.4 is 4.90 Å². The van der Waals surface area contributed by atoms with Crippen LogP contribution in [0.3, 0.4) is 0 Å². The molecule has 0 aliphatic carbocycles. The summed E-state index contributed by atoms with van der Waals surface area (Å²) in [5.41, 5.74) is 11.2. The largest absolute Gasteiger partial charge is 0.369 e. The zero-order valence-corrected chi connectivity index (χ0v) is 32.8. The number of rotatable bonds is 6. The van der Waals surface area contributed by atoms with Crippen molar-refractivity contribution in [3.8, 4) is 74.5 Å². The lowest BCUT2D eigenvalue weighted by Crippen LogP contribution is -2.27. The van der Waals surface area contributed by atoms with Crippen LogP contribution in [0.2, 0.25) is 0 Å². The molecule has 8 nitrogen and oxygen atoms in total. The van der Waals surface area contributed by atoms with E-state index in [2.05, 4.69) is 30.3 Å². The lowest BCUT2D eigenvalue weighted by Gasteiger charge is -2.23. The van der Waals surface area contributed by atoms with Crippen molar-refractivity contribution < 1.29 is 9.90 Å². The molecule has 0 spiro atoms. The van der Waals surface area contributed by atoms with Crippen molar-refractivity contribution in [2.75, 3.05) is 4.90 Å². The second-order valence-corrected chi connectivity index (χ2v) is 15.1. The molecule has 62 heavy (non-hydrogen) atoms. The maximum Gasteiger partial charge on any atom is 0.263 e. The van der Waals surface area contributed by atoms with Crippen LogP contribution in [0.5, 0.6) is 0 Å². The molecule has 8 aromatic carbocycles. The van der Waals surface area contributed by atoms with Crippen LogP contribution in [0.4, 0.5) is 5.69 Å². The number of fused-ring (bicyclic) bond motifs is 4. The van der Waals surface area contributed by atoms with Crippen LogP contribution in [-0.2, 0) is 0 Å². The number of aliphatic hydroxyl groups excluding tert-OH is 1. The first kappa shape index (κ1) is 37.2. The monoisotopic (exact) mass is 794 g/mol. The number of carbonyl (C=O) groups is 1. The van der Waals surface area contributed by atoms with Crippen molar-refractivity contribution in [2.45, 2.75) is 6.23 Å². The molecular formula is C54H30N6O2. The molecule has 9 aromatic rings. The summed E-state index contributed by atoms with van der Waals surface area (Å²) in [4.78, 5) is 16.6. The van der Waals surface area contributed by atoms with Gasteiger partial charge in [-0.25, -0.2) is 0 Å². The van der Waals surface area contributed by atoms with Crippen molar-refractivity contribution in [1.82, 2.24) is 4.57 Å². The molecule has 8 heteroatoms. The molecule has 1 unspecified atom stereocenters. The first-order valence-electron chi connectivity index (χ1n) is 19.8. The first-order valence-corrected chi connectivity index (χ1v) is 19.8. The number of aliphatic hydroxyl groups is 1. The molecule has 0 bridgehead atoms. The Morgan fingerprint density at radius 3 is 1.47 bits per heavy atom. The van der Waals surface area contributed by atoms with Gasteiger partial charge in [-0.2, -0.15) is 21.0 Å². The number of hydrogen-bond donors (Lipinski definition) is 1. The summed E-state index contributed by atoms with van der Waals surface area (Å²) in [6.45, 7) is 0. The average molecular weight is 795 g/mol. The minimum Gasteiger partial charge on any atom is -0.369 e. The standard InChI is InChI=1S/C54H30N6O2/c55-29-33-14-18-44(41(22-33)31-57)37-16-20-46-47-21-17-38(45-19-15-34(30-56)23-42(45)32-58)28-51(47)60(50(46)27-37)49-13-7-12-48-52(49)54(62)59(53(48)61)43-25-39(35-8-3-1-4-9-35)24-40(26-43)36-10-5-2-6-11-36/h1-28,53,61H. The number of amides is 1. The Morgan fingerprint density at radius 1 is 0.468 bits per heavy atom. The van der Waals surface area contributed by atoms with Gasteiger partial charge in [0, 0.05) is 22.0 Å². The van der Waals surface area contributed by atoms with Gasteiger partial charge in [-0.05, 0) is 105 Å². The van der Waals surface area contributed by atoms with E-state index in [-0.39, 0.29) is 5.91 Å². The predicted molar refractivity (Wildman–Crippen MR) is 240 cm³/mol. The fourth-order valence-corrected chi connectivity index (χ4v) is 8.70. The van der Waals surface area contributed by atoms with Crippen molar-refractivity contribution in [3.05, 3.63) is 203 Å². The van der Waals surface area contributed by atoms with E-state index in [1.165, 1.54) is 4.90 Å². The van der Waals surface area contributed by atoms with E-state index in [0.29, 0.717) is 55.9 Å². The summed E-state index contributed by atoms with van der Waals surface area (Å²) in [6.07, 6.45) is -1.31. The predicted octanol–water partition coefficient (Wildman–Crippen LogP) is 11.6. The third-order valence-corrected chi connectivity index (χ3v) is 11.6. The fraction of sp³-hybridized carbons (Fsp3) is 0.0185. The molecule has 1 N–H and O–H groups in total. The molecule has 0 saturated heterocycles. The van der Waals surface area contributed by atoms with E-state index in [9.17, 15) is 26.2 Å². The van der Waals surface area contributed by atoms with E-state index in [4.69, 9.17) is 0 Å². The number of carbonyl (C=O) groups excluding carboxylic acids is 1. The summed E-state index contributed by atoms with van der Waals surface area (Å²) >= 11 is 0. The average Bonchev–Trinajstić information content (AvgIpc) is 3.80. The normalized spacial score (nSPS) is 13.0. The number of aromatic nitrogens is 1. The number of hydrogen-bond acceptors (Lipinski definition) is 6. The maximum atomic E-state index is 15.2. The fourth-order valence-electron chi connectivity index (χ4n) is 8.70. The van der Waals surface area contributed by atoms with Crippen molar-refractivity contribution >= 4 is 33.4 Å². The van der Waals surface area contributed by atoms with Crippen LogP contribution in [0.1, 0.15) is 44.4 Å². The molecule has 1 aliphatic rings. The molecule has 1 aliphatic heterocycles. The van der Waals surface area contributed by atoms with Gasteiger partial charge in [-0.15, -0.1) is 0 Å². The molecule has 0 radical (unpaired) electrons. The quantitative estimate of drug-likeness (QED) is 0.178. The van der Waals surface area contributed by atoms with E-state index in [1.54, 1.807) is 42.5 Å². The smallest absolute Gasteiger partial charge is 0.263 e. The number of benzene rings is 8. The second-order valence-electron chi connectivity index (χ2n) is 15.1. The minimum absolute atomic E-state index is 0.327. The highest BCUT2D eigenvalue weighted by molar-refractivity contribution is 6.16. The Labute approximate surface area is 356 Å². The molecule has 10 rings (SSSR count). The summed E-state index contributed by atoms with van der Waals surface area (Å²) in [6, 6.07) is 61.8. The molecule has 0 fully saturated rings. The second kappa shape index (κ2) is 15.0. The van der Waals surface area contributed by atoms with Gasteiger partial charge in [0.25, 0.3) is 5.91 Å². The SMILES string of the molecule is N#Cc1ccc(-c2ccc3c4ccc(-c5ccc(C#N)cc5C#N)cc4n(-c4cccc5c4C(=O)N(c4cc(-c6ccccc6)cc(-c6ccccc6)c4)C5O)c3c2)c(C#N)c1. The van der Waals surface area contributed by atoms with Gasteiger partial charge in [0.2, 0.25) is 0 Å². The van der Waals surface area contributed by atoms with E-state index < -0.39 is 6.23 Å². The highest BCUT2D eigenvalue weighted by atomic mass is 16.3. The molecule has 288 valence electrons. The highest BCUT2D eigenvalue weighted by Gasteiger charge is 2.39. The summed E-state index contributed by atoms with van der Waals surface area (Å²) < 4.78 is 2.01. The first-order chi connectivity index (χ1) is 30.4. The minimum atomic E-state index is -1.31. The molecule has 1 aromatic heterocycles. The molecule has 1 atom stereocenters. The maximum absolute atomic E-state index is 15.2. The Hall–Kier alpha value is -9.05. The Morgan fingerprint density at radius 2 is 0.984 bits per heavy atom. The third-order valence-electron chi connectivity index (χ3n) is 11.6. The zero-order chi connectivity index (χ0) is 42.5. The lowest BCUT2D eigenvalue weighted by molar-refractivity contribution is 0.0935. The molecule has 1 amide bonds. The highest BCUT2D eigenvalue weighted by Crippen LogP contribution is 2.45. The van der Waals surface area contributed by atoms with Gasteiger partial charge in [-0.1, -0.05) is 109 Å². The van der Waals surface area contributed by atoms with Gasteiger partial charge in [0.1, 0.15) is 0 Å². The van der Waals surface area contributed by atoms with Crippen LogP contribution in [0, 0.1) is 45.3 Å². The molecular weight excluding hydrogens is 765 g/mol. The van der Waals surface area contributed by atoms with Gasteiger partial charge in [0.05, 0.1) is 68.8 Å². The van der Waals surface area contributed by atoms with Gasteiger partial charge >= 0.3 is 0 Å². The Kier molecular flexibility index (Phi) is 8.98. The molecule has 0 saturated carbocycles. The summed E-state index contributed by atoms with van der Waals surface area (Å²) in [5.74, 6) is -0.382. The van der Waals surface area contributed by atoms with E-state index in [1.807, 2.05) is 126 Å². The number of nitrogens with zero attached hydrogens (tertiary/aromatic N) is 6. The Balaban J connectivity index is 1.21. The summed E-state index contributed by atoms with van der Waals surface area (Å²) in [5, 5.41) is 53.4. The zero-order valence-electron chi connectivity index (χ0n) is 32.8. The van der Waals surface area contributed by atoms with Crippen molar-refractivity contribution in [1.29, 1.82) is 21.0 Å². The van der Waals surface area contributed by atoms with Crippen LogP contribution in [-0.4, -0.2) is 15.6 Å². The van der Waals surface area contributed by atoms with E-state index >= 15 is 4.79 Å². The van der Waals surface area contributed by atoms with Crippen LogP contribution in [0.15, 0.2) is 170 Å². The van der Waals surface area contributed by atoms with Gasteiger partial charge in [-0.3, -0.25) is 9.69 Å². The number of nitriles is 4. The third kappa shape index (κ3) is 6.05. The summed E-state index contributed by atoms with van der Waals surface area (Å²) in [7, 11) is 0. The Bertz CT molecular complexity index is 3320. The van der Waals surface area contributed by atoms with Crippen LogP contribution >= 0.6 is 0 Å². The van der Waals surface area contributed by atoms with Crippen molar-refractivity contribution in [2.24, 2.45) is 0 Å². The van der Waals surface area contributed by atoms with Gasteiger partial charge < -0.3 is 9.67 Å². The van der Waals surface area contributed by atoms with Crippen LogP contribution in [0.25, 0.3) is 72.0 Å². The lowest BCUT2D eigenvalue weighted by atomic mass is 9.96. The topological polar surface area (TPSA) is 141 Å².